The first-order chi connectivity index (χ1) is 9.54. The molecule has 1 heterocycles. The van der Waals surface area contributed by atoms with Crippen LogP contribution in [0, 0.1) is 9.39 Å². The summed E-state index contributed by atoms with van der Waals surface area (Å²) >= 11 is 1.96. The zero-order valence-electron chi connectivity index (χ0n) is 10.9. The number of pyridine rings is 1. The van der Waals surface area contributed by atoms with E-state index in [1.165, 1.54) is 10.6 Å². The molecule has 0 fully saturated rings. The lowest BCUT2D eigenvalue weighted by molar-refractivity contribution is 0.361. The number of hydrogen-bond donors (Lipinski definition) is 0. The van der Waals surface area contributed by atoms with Gasteiger partial charge in [0.2, 0.25) is 0 Å². The Bertz CT molecular complexity index is 710. The number of benzene rings is 1. The molecular weight excluding hydrogens is 372 g/mol. The Kier molecular flexibility index (Phi) is 4.59. The summed E-state index contributed by atoms with van der Waals surface area (Å²) in [7, 11) is 1.63. The maximum Gasteiger partial charge on any atom is 0.264 e. The van der Waals surface area contributed by atoms with Crippen LogP contribution in [0.5, 0.6) is 5.75 Å². The van der Waals surface area contributed by atoms with E-state index in [-0.39, 0.29) is 5.56 Å². The van der Waals surface area contributed by atoms with Gasteiger partial charge in [-0.25, -0.2) is 4.39 Å². The summed E-state index contributed by atoms with van der Waals surface area (Å²) in [5.41, 5.74) is 0.754. The summed E-state index contributed by atoms with van der Waals surface area (Å²) < 4.78 is 21.5. The largest absolute Gasteiger partial charge is 0.489 e. The van der Waals surface area contributed by atoms with Crippen LogP contribution in [0.4, 0.5) is 4.39 Å². The van der Waals surface area contributed by atoms with Crippen molar-refractivity contribution in [3.63, 3.8) is 0 Å². The molecule has 3 nitrogen and oxygen atoms in total. The van der Waals surface area contributed by atoms with E-state index < -0.39 is 5.82 Å². The maximum absolute atomic E-state index is 14.2. The first-order valence-electron chi connectivity index (χ1n) is 5.93. The lowest BCUT2D eigenvalue weighted by Crippen LogP contribution is -2.20. The Balaban J connectivity index is 2.46. The fraction of sp³-hybridized carbons (Fsp3) is 0.133. The van der Waals surface area contributed by atoms with Crippen molar-refractivity contribution in [2.24, 2.45) is 7.05 Å². The van der Waals surface area contributed by atoms with Crippen molar-refractivity contribution in [2.45, 2.75) is 0 Å². The molecule has 0 aliphatic carbocycles. The number of nitrogens with zero attached hydrogens (tertiary/aromatic N) is 1. The van der Waals surface area contributed by atoms with Gasteiger partial charge in [0.25, 0.3) is 5.56 Å². The smallest absolute Gasteiger partial charge is 0.264 e. The molecule has 0 amide bonds. The number of halogens is 2. The lowest BCUT2D eigenvalue weighted by Gasteiger charge is -2.11. The topological polar surface area (TPSA) is 31.2 Å². The van der Waals surface area contributed by atoms with Crippen molar-refractivity contribution >= 4 is 22.6 Å². The average molecular weight is 385 g/mol. The Labute approximate surface area is 129 Å². The molecule has 1 aromatic heterocycles. The van der Waals surface area contributed by atoms with Crippen LogP contribution in [-0.4, -0.2) is 11.2 Å². The van der Waals surface area contributed by atoms with Crippen molar-refractivity contribution in [3.8, 4) is 17.0 Å². The summed E-state index contributed by atoms with van der Waals surface area (Å²) in [6.07, 6.45) is 1.59. The minimum Gasteiger partial charge on any atom is -0.489 e. The Hall–Kier alpha value is -1.63. The SMILES string of the molecule is C=CCOc1ccc(-c2ccc(I)c(=O)n2C)c(F)c1. The first kappa shape index (κ1) is 14.8. The lowest BCUT2D eigenvalue weighted by atomic mass is 10.1. The van der Waals surface area contributed by atoms with Gasteiger partial charge in [-0.2, -0.15) is 0 Å². The van der Waals surface area contributed by atoms with Crippen LogP contribution < -0.4 is 10.3 Å². The molecule has 0 saturated heterocycles. The molecule has 2 aromatic rings. The molecule has 0 spiro atoms. The van der Waals surface area contributed by atoms with E-state index in [2.05, 4.69) is 6.58 Å². The second kappa shape index (κ2) is 6.21. The molecule has 20 heavy (non-hydrogen) atoms. The Morgan fingerprint density at radius 1 is 1.40 bits per heavy atom. The number of aromatic nitrogens is 1. The van der Waals surface area contributed by atoms with Gasteiger partial charge >= 0.3 is 0 Å². The van der Waals surface area contributed by atoms with E-state index in [1.807, 2.05) is 22.6 Å². The van der Waals surface area contributed by atoms with Crippen molar-refractivity contribution in [2.75, 3.05) is 6.61 Å². The van der Waals surface area contributed by atoms with Gasteiger partial charge in [-0.05, 0) is 46.9 Å². The van der Waals surface area contributed by atoms with E-state index in [0.717, 1.165) is 0 Å². The van der Waals surface area contributed by atoms with Gasteiger partial charge in [0.1, 0.15) is 18.2 Å². The zero-order chi connectivity index (χ0) is 14.7. The minimum absolute atomic E-state index is 0.144. The molecule has 0 radical (unpaired) electrons. The fourth-order valence-electron chi connectivity index (χ4n) is 1.82. The molecule has 0 bridgehead atoms. The minimum atomic E-state index is -0.428. The van der Waals surface area contributed by atoms with Crippen LogP contribution in [0.15, 0.2) is 47.8 Å². The third-order valence-electron chi connectivity index (χ3n) is 2.84. The van der Waals surface area contributed by atoms with Crippen LogP contribution in [-0.2, 0) is 7.05 Å². The zero-order valence-corrected chi connectivity index (χ0v) is 13.1. The monoisotopic (exact) mass is 385 g/mol. The highest BCUT2D eigenvalue weighted by Gasteiger charge is 2.11. The molecular formula is C15H13FINO2. The van der Waals surface area contributed by atoms with Crippen LogP contribution in [0.25, 0.3) is 11.3 Å². The fourth-order valence-corrected chi connectivity index (χ4v) is 2.37. The molecule has 0 aliphatic heterocycles. The molecule has 0 aliphatic rings. The van der Waals surface area contributed by atoms with Crippen LogP contribution in [0.2, 0.25) is 0 Å². The molecule has 104 valence electrons. The maximum atomic E-state index is 14.2. The number of ether oxygens (including phenoxy) is 1. The predicted molar refractivity (Wildman–Crippen MR) is 85.5 cm³/mol. The van der Waals surface area contributed by atoms with Gasteiger partial charge in [0.15, 0.2) is 0 Å². The summed E-state index contributed by atoms with van der Waals surface area (Å²) in [4.78, 5) is 11.9. The molecule has 0 N–H and O–H groups in total. The molecule has 5 heteroatoms. The van der Waals surface area contributed by atoms with E-state index in [4.69, 9.17) is 4.74 Å². The second-order valence-electron chi connectivity index (χ2n) is 4.17. The van der Waals surface area contributed by atoms with Crippen molar-refractivity contribution in [1.82, 2.24) is 4.57 Å². The van der Waals surface area contributed by atoms with E-state index in [0.29, 0.717) is 27.2 Å². The van der Waals surface area contributed by atoms with Gasteiger partial charge < -0.3 is 9.30 Å². The Morgan fingerprint density at radius 2 is 2.15 bits per heavy atom. The second-order valence-corrected chi connectivity index (χ2v) is 5.33. The average Bonchev–Trinajstić information content (AvgIpc) is 2.44. The summed E-state index contributed by atoms with van der Waals surface area (Å²) in [6, 6.07) is 7.99. The number of rotatable bonds is 4. The highest BCUT2D eigenvalue weighted by molar-refractivity contribution is 14.1. The first-order valence-corrected chi connectivity index (χ1v) is 7.01. The van der Waals surface area contributed by atoms with Gasteiger partial charge in [-0.1, -0.05) is 12.7 Å². The van der Waals surface area contributed by atoms with E-state index in [1.54, 1.807) is 37.4 Å². The Morgan fingerprint density at radius 3 is 2.80 bits per heavy atom. The number of hydrogen-bond acceptors (Lipinski definition) is 2. The summed E-state index contributed by atoms with van der Waals surface area (Å²) in [5, 5.41) is 0. The predicted octanol–water partition coefficient (Wildman–Crippen LogP) is 3.36. The van der Waals surface area contributed by atoms with Gasteiger partial charge in [-0.15, -0.1) is 0 Å². The normalized spacial score (nSPS) is 10.3. The highest BCUT2D eigenvalue weighted by atomic mass is 127. The molecule has 2 rings (SSSR count). The van der Waals surface area contributed by atoms with E-state index in [9.17, 15) is 9.18 Å². The third kappa shape index (κ3) is 2.92. The van der Waals surface area contributed by atoms with Gasteiger partial charge in [0.05, 0.1) is 9.26 Å². The van der Waals surface area contributed by atoms with Gasteiger partial charge in [-0.3, -0.25) is 4.79 Å². The molecule has 0 atom stereocenters. The van der Waals surface area contributed by atoms with Crippen LogP contribution in [0.1, 0.15) is 0 Å². The van der Waals surface area contributed by atoms with Crippen molar-refractivity contribution < 1.29 is 9.13 Å². The summed E-state index contributed by atoms with van der Waals surface area (Å²) in [6.45, 7) is 3.86. The quantitative estimate of drug-likeness (QED) is 0.597. The van der Waals surface area contributed by atoms with Crippen molar-refractivity contribution in [3.05, 3.63) is 62.7 Å². The van der Waals surface area contributed by atoms with E-state index >= 15 is 0 Å². The molecule has 0 saturated carbocycles. The summed E-state index contributed by atoms with van der Waals surface area (Å²) in [5.74, 6) is 0.00410. The third-order valence-corrected chi connectivity index (χ3v) is 3.66. The highest BCUT2D eigenvalue weighted by Crippen LogP contribution is 2.25. The standard InChI is InChI=1S/C15H13FINO2/c1-3-8-20-10-4-5-11(12(16)9-10)14-7-6-13(17)15(19)18(14)2/h3-7,9H,1,8H2,2H3. The van der Waals surface area contributed by atoms with Crippen molar-refractivity contribution in [1.29, 1.82) is 0 Å². The van der Waals surface area contributed by atoms with Crippen LogP contribution in [0.3, 0.4) is 0 Å². The molecule has 1 aromatic carbocycles. The molecule has 0 unspecified atom stereocenters. The van der Waals surface area contributed by atoms with Gasteiger partial charge in [0, 0.05) is 18.7 Å². The van der Waals surface area contributed by atoms with Crippen LogP contribution >= 0.6 is 22.6 Å².